The van der Waals surface area contributed by atoms with E-state index < -0.39 is 10.1 Å². The zero-order valence-electron chi connectivity index (χ0n) is 9.20. The van der Waals surface area contributed by atoms with Crippen LogP contribution in [0.1, 0.15) is 12.8 Å². The van der Waals surface area contributed by atoms with Gasteiger partial charge in [0.2, 0.25) is 0 Å². The standard InChI is InChI=1S/C8H19ClN2O3S/c1-11(2,6-3-5-10-9)7-4-8-15(12,13)14/h10H,3-8H2,1-2H3. The Hall–Kier alpha value is 0.120. The van der Waals surface area contributed by atoms with Crippen LogP contribution in [0.5, 0.6) is 0 Å². The molecule has 0 aliphatic heterocycles. The zero-order chi connectivity index (χ0) is 11.9. The van der Waals surface area contributed by atoms with Gasteiger partial charge in [-0.1, -0.05) is 0 Å². The lowest BCUT2D eigenvalue weighted by Gasteiger charge is -2.29. The molecule has 0 aromatic carbocycles. The number of hydrogen-bond acceptors (Lipinski definition) is 4. The van der Waals surface area contributed by atoms with Gasteiger partial charge in [-0.15, -0.1) is 0 Å². The van der Waals surface area contributed by atoms with Gasteiger partial charge in [0.25, 0.3) is 0 Å². The summed E-state index contributed by atoms with van der Waals surface area (Å²) in [5, 5.41) is 0. The SMILES string of the molecule is C[N+](C)(CCCNCl)CCCS(=O)(=O)[O-]. The first-order valence-electron chi connectivity index (χ1n) is 4.86. The molecule has 0 fully saturated rings. The first-order chi connectivity index (χ1) is 6.77. The van der Waals surface area contributed by atoms with Gasteiger partial charge in [0, 0.05) is 25.1 Å². The Bertz CT molecular complexity index is 267. The summed E-state index contributed by atoms with van der Waals surface area (Å²) >= 11 is 5.32. The van der Waals surface area contributed by atoms with Crippen LogP contribution in [-0.2, 0) is 10.1 Å². The molecular formula is C8H19ClN2O3S. The van der Waals surface area contributed by atoms with Crippen molar-refractivity contribution < 1.29 is 17.5 Å². The molecule has 0 heterocycles. The molecule has 15 heavy (non-hydrogen) atoms. The smallest absolute Gasteiger partial charge is 0.0948 e. The highest BCUT2D eigenvalue weighted by atomic mass is 35.5. The van der Waals surface area contributed by atoms with E-state index in [1.165, 1.54) is 0 Å². The van der Waals surface area contributed by atoms with Crippen molar-refractivity contribution in [3.63, 3.8) is 0 Å². The van der Waals surface area contributed by atoms with Crippen LogP contribution in [0.4, 0.5) is 0 Å². The van der Waals surface area contributed by atoms with Crippen LogP contribution in [0.15, 0.2) is 0 Å². The van der Waals surface area contributed by atoms with Gasteiger partial charge in [-0.25, -0.2) is 13.3 Å². The number of rotatable bonds is 8. The second-order valence-corrected chi connectivity index (χ2v) is 6.03. The first kappa shape index (κ1) is 15.1. The Labute approximate surface area is 96.9 Å². The van der Waals surface area contributed by atoms with E-state index in [1.807, 2.05) is 14.1 Å². The highest BCUT2D eigenvalue weighted by Crippen LogP contribution is 2.02. The summed E-state index contributed by atoms with van der Waals surface area (Å²) < 4.78 is 31.9. The Balaban J connectivity index is 3.73. The third-order valence-corrected chi connectivity index (χ3v) is 3.17. The molecule has 1 N–H and O–H groups in total. The molecule has 0 spiro atoms. The third kappa shape index (κ3) is 10.4. The van der Waals surface area contributed by atoms with E-state index in [9.17, 15) is 13.0 Å². The quantitative estimate of drug-likeness (QED) is 0.291. The molecule has 0 aliphatic carbocycles. The summed E-state index contributed by atoms with van der Waals surface area (Å²) in [6.07, 6.45) is 1.33. The van der Waals surface area contributed by atoms with Gasteiger partial charge in [0.05, 0.1) is 37.3 Å². The maximum atomic E-state index is 10.4. The van der Waals surface area contributed by atoms with Crippen molar-refractivity contribution in [2.24, 2.45) is 0 Å². The summed E-state index contributed by atoms with van der Waals surface area (Å²) in [6, 6.07) is 0. The van der Waals surface area contributed by atoms with Crippen LogP contribution in [-0.4, -0.2) is 56.9 Å². The molecule has 5 nitrogen and oxygen atoms in total. The Kier molecular flexibility index (Phi) is 6.70. The van der Waals surface area contributed by atoms with E-state index in [4.69, 9.17) is 11.8 Å². The Morgan fingerprint density at radius 2 is 1.80 bits per heavy atom. The average Bonchev–Trinajstić information content (AvgIpc) is 2.01. The molecule has 0 amide bonds. The molecule has 0 atom stereocenters. The number of halogens is 1. The minimum Gasteiger partial charge on any atom is -0.748 e. The van der Waals surface area contributed by atoms with Crippen molar-refractivity contribution >= 4 is 21.9 Å². The second-order valence-electron chi connectivity index (χ2n) is 4.24. The van der Waals surface area contributed by atoms with Gasteiger partial charge >= 0.3 is 0 Å². The first-order valence-corrected chi connectivity index (χ1v) is 6.81. The number of quaternary nitrogens is 1. The predicted molar refractivity (Wildman–Crippen MR) is 59.5 cm³/mol. The van der Waals surface area contributed by atoms with Gasteiger partial charge in [-0.05, 0) is 11.8 Å². The van der Waals surface area contributed by atoms with Crippen LogP contribution in [0, 0.1) is 0 Å². The lowest BCUT2D eigenvalue weighted by atomic mass is 10.3. The van der Waals surface area contributed by atoms with Crippen molar-refractivity contribution in [3.05, 3.63) is 0 Å². The fourth-order valence-corrected chi connectivity index (χ4v) is 1.97. The van der Waals surface area contributed by atoms with Gasteiger partial charge in [0.1, 0.15) is 0 Å². The monoisotopic (exact) mass is 258 g/mol. The number of nitrogens with one attached hydrogen (secondary N) is 1. The van der Waals surface area contributed by atoms with Crippen LogP contribution in [0.3, 0.4) is 0 Å². The minimum atomic E-state index is -4.07. The summed E-state index contributed by atoms with van der Waals surface area (Å²) in [4.78, 5) is 2.54. The molecule has 0 aliphatic rings. The molecule has 0 saturated heterocycles. The molecule has 7 heteroatoms. The molecule has 0 unspecified atom stereocenters. The summed E-state index contributed by atoms with van der Waals surface area (Å²) in [5.41, 5.74) is 0. The van der Waals surface area contributed by atoms with Gasteiger partial charge in [-0.3, -0.25) is 0 Å². The van der Waals surface area contributed by atoms with Crippen molar-refractivity contribution in [2.45, 2.75) is 12.8 Å². The summed E-state index contributed by atoms with van der Waals surface area (Å²) in [5.74, 6) is -0.275. The Morgan fingerprint density at radius 3 is 2.27 bits per heavy atom. The zero-order valence-corrected chi connectivity index (χ0v) is 10.8. The minimum absolute atomic E-state index is 0.275. The second kappa shape index (κ2) is 6.65. The molecule has 0 rings (SSSR count). The molecule has 92 valence electrons. The molecule has 0 saturated carbocycles. The maximum absolute atomic E-state index is 10.4. The van der Waals surface area contributed by atoms with E-state index in [0.717, 1.165) is 19.5 Å². The van der Waals surface area contributed by atoms with Gasteiger partial charge < -0.3 is 9.04 Å². The summed E-state index contributed by atoms with van der Waals surface area (Å²) in [6.45, 7) is 2.31. The fourth-order valence-electron chi connectivity index (χ4n) is 1.36. The third-order valence-electron chi connectivity index (χ3n) is 2.19. The van der Waals surface area contributed by atoms with Crippen molar-refractivity contribution in [1.82, 2.24) is 4.84 Å². The van der Waals surface area contributed by atoms with E-state index >= 15 is 0 Å². The molecule has 0 aromatic heterocycles. The van der Waals surface area contributed by atoms with E-state index in [0.29, 0.717) is 17.4 Å². The molecule has 0 bridgehead atoms. The topological polar surface area (TPSA) is 69.2 Å². The van der Waals surface area contributed by atoms with Crippen LogP contribution in [0.2, 0.25) is 0 Å². The normalized spacial score (nSPS) is 13.1. The van der Waals surface area contributed by atoms with E-state index in [1.54, 1.807) is 0 Å². The van der Waals surface area contributed by atoms with E-state index in [2.05, 4.69) is 4.84 Å². The van der Waals surface area contributed by atoms with Crippen molar-refractivity contribution in [1.29, 1.82) is 0 Å². The van der Waals surface area contributed by atoms with Crippen LogP contribution in [0.25, 0.3) is 0 Å². The van der Waals surface area contributed by atoms with Crippen molar-refractivity contribution in [3.8, 4) is 0 Å². The van der Waals surface area contributed by atoms with E-state index in [-0.39, 0.29) is 5.75 Å². The number of nitrogens with zero attached hydrogens (tertiary/aromatic N) is 1. The molecule has 0 radical (unpaired) electrons. The Morgan fingerprint density at radius 1 is 1.27 bits per heavy atom. The lowest BCUT2D eigenvalue weighted by molar-refractivity contribution is -0.890. The van der Waals surface area contributed by atoms with Crippen LogP contribution < -0.4 is 4.84 Å². The van der Waals surface area contributed by atoms with Gasteiger partial charge in [0.15, 0.2) is 0 Å². The largest absolute Gasteiger partial charge is 0.748 e. The molecular weight excluding hydrogens is 240 g/mol. The van der Waals surface area contributed by atoms with Crippen molar-refractivity contribution in [2.75, 3.05) is 39.5 Å². The lowest BCUT2D eigenvalue weighted by Crippen LogP contribution is -2.42. The highest BCUT2D eigenvalue weighted by Gasteiger charge is 2.14. The highest BCUT2D eigenvalue weighted by molar-refractivity contribution is 7.85. The molecule has 0 aromatic rings. The maximum Gasteiger partial charge on any atom is 0.0948 e. The predicted octanol–water partition coefficient (Wildman–Crippen LogP) is 0.132. The van der Waals surface area contributed by atoms with Gasteiger partial charge in [-0.2, -0.15) is 0 Å². The average molecular weight is 259 g/mol. The summed E-state index contributed by atoms with van der Waals surface area (Å²) in [7, 11) is -0.0540. The fraction of sp³-hybridized carbons (Fsp3) is 1.00. The van der Waals surface area contributed by atoms with Crippen LogP contribution >= 0.6 is 11.8 Å². The number of hydrogen-bond donors (Lipinski definition) is 1.